The van der Waals surface area contributed by atoms with Crippen molar-refractivity contribution < 1.29 is 4.79 Å². The Balaban J connectivity index is 1.66. The number of rotatable bonds is 2. The summed E-state index contributed by atoms with van der Waals surface area (Å²) in [6.07, 6.45) is 9.90. The monoisotopic (exact) mass is 263 g/mol. The van der Waals surface area contributed by atoms with Gasteiger partial charge in [-0.15, -0.1) is 0 Å². The second-order valence-electron chi connectivity index (χ2n) is 8.01. The fourth-order valence-corrected chi connectivity index (χ4v) is 5.08. The Morgan fingerprint density at radius 3 is 2.26 bits per heavy atom. The first-order valence-corrected chi connectivity index (χ1v) is 8.25. The lowest BCUT2D eigenvalue weighted by Crippen LogP contribution is -2.48. The maximum absolute atomic E-state index is 12.5. The molecule has 0 radical (unpaired) electrons. The van der Waals surface area contributed by atoms with E-state index in [4.69, 9.17) is 0 Å². The van der Waals surface area contributed by atoms with Crippen molar-refractivity contribution in [1.82, 2.24) is 5.32 Å². The van der Waals surface area contributed by atoms with Gasteiger partial charge in [0.05, 0.1) is 0 Å². The number of nitrogens with one attached hydrogen (secondary N) is 1. The van der Waals surface area contributed by atoms with Crippen molar-refractivity contribution in [2.75, 3.05) is 0 Å². The van der Waals surface area contributed by atoms with Crippen LogP contribution in [-0.4, -0.2) is 11.9 Å². The number of carbonyl (C=O) groups excluding carboxylic acids is 1. The van der Waals surface area contributed by atoms with Crippen molar-refractivity contribution in [1.29, 1.82) is 0 Å². The lowest BCUT2D eigenvalue weighted by atomic mass is 9.69. The minimum Gasteiger partial charge on any atom is -0.353 e. The molecule has 1 amide bonds. The first-order chi connectivity index (χ1) is 8.95. The first kappa shape index (κ1) is 13.5. The Bertz CT molecular complexity index is 369. The lowest BCUT2D eigenvalue weighted by molar-refractivity contribution is -0.127. The quantitative estimate of drug-likeness (QED) is 0.804. The normalized spacial score (nSPS) is 41.4. The van der Waals surface area contributed by atoms with Gasteiger partial charge in [-0.1, -0.05) is 40.0 Å². The third-order valence-electron chi connectivity index (χ3n) is 7.09. The van der Waals surface area contributed by atoms with Crippen molar-refractivity contribution in [3.8, 4) is 0 Å². The molecule has 19 heavy (non-hydrogen) atoms. The predicted octanol–water partition coefficient (Wildman–Crippen LogP) is 3.90. The molecule has 0 aromatic rings. The number of carbonyl (C=O) groups is 1. The third kappa shape index (κ3) is 1.94. The molecule has 2 nitrogen and oxygen atoms in total. The third-order valence-corrected chi connectivity index (χ3v) is 7.09. The zero-order chi connectivity index (χ0) is 13.7. The van der Waals surface area contributed by atoms with Gasteiger partial charge >= 0.3 is 0 Å². The minimum atomic E-state index is 0.305. The van der Waals surface area contributed by atoms with Crippen LogP contribution in [0.4, 0.5) is 0 Å². The highest BCUT2D eigenvalue weighted by Gasteiger charge is 2.61. The van der Waals surface area contributed by atoms with Gasteiger partial charge in [0.15, 0.2) is 0 Å². The van der Waals surface area contributed by atoms with E-state index < -0.39 is 0 Å². The summed E-state index contributed by atoms with van der Waals surface area (Å²) in [4.78, 5) is 12.5. The van der Waals surface area contributed by atoms with Gasteiger partial charge in [0.1, 0.15) is 0 Å². The molecule has 2 heteroatoms. The van der Waals surface area contributed by atoms with Crippen LogP contribution < -0.4 is 5.32 Å². The standard InChI is InChI=1S/C17H29NO/c1-16(2)13-9-10-17(16,3)14(11-13)18-15(19)12-7-5-4-6-8-12/h12-14H,4-11H2,1-3H3,(H,18,19)/t13-,14-,17-/m0/s1. The summed E-state index contributed by atoms with van der Waals surface area (Å²) in [5.41, 5.74) is 0.722. The van der Waals surface area contributed by atoms with E-state index in [1.807, 2.05) is 0 Å². The molecule has 3 atom stereocenters. The second kappa shape index (κ2) is 4.49. The Kier molecular flexibility index (Phi) is 3.18. The molecule has 0 spiro atoms. The Labute approximate surface area is 117 Å². The SMILES string of the molecule is CC1(C)[C@H]2CC[C@@]1(C)[C@@H](NC(=O)C1CCCCC1)C2. The highest BCUT2D eigenvalue weighted by atomic mass is 16.2. The average Bonchev–Trinajstić information content (AvgIpc) is 2.73. The van der Waals surface area contributed by atoms with Gasteiger partial charge in [0.25, 0.3) is 0 Å². The number of hydrogen-bond acceptors (Lipinski definition) is 1. The van der Waals surface area contributed by atoms with E-state index in [2.05, 4.69) is 26.1 Å². The van der Waals surface area contributed by atoms with E-state index in [-0.39, 0.29) is 0 Å². The summed E-state index contributed by atoms with van der Waals surface area (Å²) in [5, 5.41) is 3.44. The molecule has 3 saturated carbocycles. The van der Waals surface area contributed by atoms with Gasteiger partial charge in [-0.05, 0) is 48.9 Å². The maximum atomic E-state index is 12.5. The molecule has 3 aliphatic carbocycles. The number of amides is 1. The van der Waals surface area contributed by atoms with Crippen molar-refractivity contribution >= 4 is 5.91 Å². The summed E-state index contributed by atoms with van der Waals surface area (Å²) >= 11 is 0. The molecule has 0 aromatic carbocycles. The minimum absolute atomic E-state index is 0.305. The highest BCUT2D eigenvalue weighted by molar-refractivity contribution is 5.79. The van der Waals surface area contributed by atoms with E-state index in [1.165, 1.54) is 38.5 Å². The van der Waals surface area contributed by atoms with E-state index in [1.54, 1.807) is 0 Å². The van der Waals surface area contributed by atoms with Crippen molar-refractivity contribution in [3.63, 3.8) is 0 Å². The number of fused-ring (bicyclic) bond motifs is 2. The summed E-state index contributed by atoms with van der Waals surface area (Å²) < 4.78 is 0. The van der Waals surface area contributed by atoms with Crippen LogP contribution in [-0.2, 0) is 4.79 Å². The van der Waals surface area contributed by atoms with Crippen LogP contribution in [0.15, 0.2) is 0 Å². The molecule has 1 N–H and O–H groups in total. The zero-order valence-corrected chi connectivity index (χ0v) is 12.8. The summed E-state index contributed by atoms with van der Waals surface area (Å²) in [6.45, 7) is 7.24. The van der Waals surface area contributed by atoms with Crippen molar-refractivity contribution in [3.05, 3.63) is 0 Å². The molecule has 3 fully saturated rings. The Morgan fingerprint density at radius 1 is 1.05 bits per heavy atom. The topological polar surface area (TPSA) is 29.1 Å². The van der Waals surface area contributed by atoms with Crippen LogP contribution in [0, 0.1) is 22.7 Å². The molecule has 2 bridgehead atoms. The van der Waals surface area contributed by atoms with Gasteiger partial charge < -0.3 is 5.32 Å². The second-order valence-corrected chi connectivity index (χ2v) is 8.01. The number of hydrogen-bond donors (Lipinski definition) is 1. The molecule has 0 unspecified atom stereocenters. The van der Waals surface area contributed by atoms with E-state index in [0.717, 1.165) is 18.8 Å². The molecule has 3 rings (SSSR count). The molecule has 3 aliphatic rings. The fraction of sp³-hybridized carbons (Fsp3) is 0.941. The van der Waals surface area contributed by atoms with Crippen LogP contribution in [0.1, 0.15) is 72.1 Å². The van der Waals surface area contributed by atoms with Crippen LogP contribution in [0.3, 0.4) is 0 Å². The molecule has 0 aromatic heterocycles. The predicted molar refractivity (Wildman–Crippen MR) is 77.7 cm³/mol. The molecule has 0 saturated heterocycles. The van der Waals surface area contributed by atoms with Gasteiger partial charge in [-0.3, -0.25) is 4.79 Å². The van der Waals surface area contributed by atoms with Gasteiger partial charge in [-0.2, -0.15) is 0 Å². The fourth-order valence-electron chi connectivity index (χ4n) is 5.08. The van der Waals surface area contributed by atoms with Crippen LogP contribution in [0.25, 0.3) is 0 Å². The largest absolute Gasteiger partial charge is 0.353 e. The van der Waals surface area contributed by atoms with Gasteiger partial charge in [0, 0.05) is 12.0 Å². The average molecular weight is 263 g/mol. The van der Waals surface area contributed by atoms with Crippen molar-refractivity contribution in [2.45, 2.75) is 78.2 Å². The summed E-state index contributed by atoms with van der Waals surface area (Å²) in [5.74, 6) is 1.48. The molecular weight excluding hydrogens is 234 g/mol. The highest BCUT2D eigenvalue weighted by Crippen LogP contribution is 2.65. The van der Waals surface area contributed by atoms with Crippen molar-refractivity contribution in [2.24, 2.45) is 22.7 Å². The lowest BCUT2D eigenvalue weighted by Gasteiger charge is -2.40. The molecular formula is C17H29NO. The van der Waals surface area contributed by atoms with E-state index in [0.29, 0.717) is 28.7 Å². The van der Waals surface area contributed by atoms with Gasteiger partial charge in [-0.25, -0.2) is 0 Å². The first-order valence-electron chi connectivity index (χ1n) is 8.25. The van der Waals surface area contributed by atoms with Crippen LogP contribution in [0.5, 0.6) is 0 Å². The Morgan fingerprint density at radius 2 is 1.74 bits per heavy atom. The Hall–Kier alpha value is -0.530. The molecule has 0 aliphatic heterocycles. The smallest absolute Gasteiger partial charge is 0.223 e. The zero-order valence-electron chi connectivity index (χ0n) is 12.8. The van der Waals surface area contributed by atoms with E-state index in [9.17, 15) is 4.79 Å². The van der Waals surface area contributed by atoms with Crippen LogP contribution >= 0.6 is 0 Å². The molecule has 0 heterocycles. The summed E-state index contributed by atoms with van der Waals surface area (Å²) in [7, 11) is 0. The maximum Gasteiger partial charge on any atom is 0.223 e. The van der Waals surface area contributed by atoms with Crippen LogP contribution in [0.2, 0.25) is 0 Å². The van der Waals surface area contributed by atoms with E-state index >= 15 is 0 Å². The molecule has 108 valence electrons. The van der Waals surface area contributed by atoms with Gasteiger partial charge in [0.2, 0.25) is 5.91 Å². The summed E-state index contributed by atoms with van der Waals surface area (Å²) in [6, 6.07) is 0.427.